The molecule has 1 amide bonds. The zero-order valence-corrected chi connectivity index (χ0v) is 14.3. The van der Waals surface area contributed by atoms with Gasteiger partial charge in [0.15, 0.2) is 0 Å². The van der Waals surface area contributed by atoms with Crippen molar-refractivity contribution in [1.29, 1.82) is 0 Å². The maximum Gasteiger partial charge on any atom is 0.328 e. The number of carbonyl (C=O) groups is 1. The van der Waals surface area contributed by atoms with E-state index in [2.05, 4.69) is 22.0 Å². The van der Waals surface area contributed by atoms with E-state index in [9.17, 15) is 14.4 Å². The summed E-state index contributed by atoms with van der Waals surface area (Å²) < 4.78 is 0.920. The van der Waals surface area contributed by atoms with Gasteiger partial charge in [-0.1, -0.05) is 30.3 Å². The number of nitrogens with zero attached hydrogens (tertiary/aromatic N) is 3. The molecule has 3 rings (SSSR count). The number of nitrogens with one attached hydrogen (secondary N) is 1. The summed E-state index contributed by atoms with van der Waals surface area (Å²) in [5.74, 6) is -0.320. The Bertz CT molecular complexity index is 849. The van der Waals surface area contributed by atoms with Gasteiger partial charge in [0, 0.05) is 46.0 Å². The second-order valence-electron chi connectivity index (χ2n) is 6.24. The van der Waals surface area contributed by atoms with Crippen LogP contribution >= 0.6 is 0 Å². The minimum absolute atomic E-state index is 0.0137. The summed E-state index contributed by atoms with van der Waals surface area (Å²) in [4.78, 5) is 42.4. The van der Waals surface area contributed by atoms with Gasteiger partial charge in [0.2, 0.25) is 0 Å². The number of aromatic nitrogens is 2. The Kier molecular flexibility index (Phi) is 5.14. The third-order valence-corrected chi connectivity index (χ3v) is 4.63. The third kappa shape index (κ3) is 3.88. The van der Waals surface area contributed by atoms with Crippen molar-refractivity contribution in [1.82, 2.24) is 19.4 Å². The molecular weight excluding hydrogens is 320 g/mol. The minimum Gasteiger partial charge on any atom is -0.336 e. The van der Waals surface area contributed by atoms with Crippen molar-refractivity contribution in [3.05, 3.63) is 68.5 Å². The van der Waals surface area contributed by atoms with Gasteiger partial charge >= 0.3 is 5.69 Å². The second kappa shape index (κ2) is 7.48. The Morgan fingerprint density at radius 1 is 1.08 bits per heavy atom. The molecule has 1 saturated heterocycles. The minimum atomic E-state index is -0.555. The first-order chi connectivity index (χ1) is 12.1. The molecule has 1 aromatic heterocycles. The first-order valence-electron chi connectivity index (χ1n) is 8.40. The standard InChI is InChI=1S/C18H22N4O3/c1-20-16(23)15(13-19-18(20)25)17(24)22-11-9-21(10-12-22)8-7-14-5-3-2-4-6-14/h2-6,13H,7-12H2,1H3,(H,19,25). The molecule has 2 aromatic rings. The van der Waals surface area contributed by atoms with Crippen molar-refractivity contribution >= 4 is 5.91 Å². The highest BCUT2D eigenvalue weighted by Gasteiger charge is 2.24. The van der Waals surface area contributed by atoms with Crippen molar-refractivity contribution < 1.29 is 4.79 Å². The van der Waals surface area contributed by atoms with Gasteiger partial charge < -0.3 is 9.88 Å². The molecule has 1 aliphatic rings. The Morgan fingerprint density at radius 2 is 1.76 bits per heavy atom. The number of benzene rings is 1. The molecule has 0 saturated carbocycles. The molecule has 0 unspecified atom stereocenters. The number of rotatable bonds is 4. The molecule has 0 radical (unpaired) electrons. The number of H-pyrrole nitrogens is 1. The molecule has 1 N–H and O–H groups in total. The quantitative estimate of drug-likeness (QED) is 0.853. The van der Waals surface area contributed by atoms with Gasteiger partial charge in [0.05, 0.1) is 0 Å². The van der Waals surface area contributed by atoms with Crippen LogP contribution in [-0.4, -0.2) is 58.0 Å². The lowest BCUT2D eigenvalue weighted by Crippen LogP contribution is -2.50. The van der Waals surface area contributed by atoms with Gasteiger partial charge in [0.25, 0.3) is 11.5 Å². The monoisotopic (exact) mass is 342 g/mol. The molecular formula is C18H22N4O3. The number of aromatic amines is 1. The molecule has 132 valence electrons. The number of hydrogen-bond acceptors (Lipinski definition) is 4. The molecule has 0 aliphatic carbocycles. The van der Waals surface area contributed by atoms with Crippen molar-refractivity contribution in [2.75, 3.05) is 32.7 Å². The molecule has 7 heteroatoms. The summed E-state index contributed by atoms with van der Waals surface area (Å²) in [7, 11) is 1.36. The number of piperazine rings is 1. The maximum absolute atomic E-state index is 12.5. The zero-order valence-electron chi connectivity index (χ0n) is 14.3. The van der Waals surface area contributed by atoms with Crippen LogP contribution in [0.1, 0.15) is 15.9 Å². The van der Waals surface area contributed by atoms with Gasteiger partial charge in [-0.05, 0) is 12.0 Å². The number of carbonyl (C=O) groups excluding carboxylic acids is 1. The molecule has 1 fully saturated rings. The Balaban J connectivity index is 1.57. The van der Waals surface area contributed by atoms with E-state index in [0.29, 0.717) is 13.1 Å². The average molecular weight is 342 g/mol. The molecule has 0 bridgehead atoms. The Labute approximate surface area is 145 Å². The summed E-state index contributed by atoms with van der Waals surface area (Å²) >= 11 is 0. The van der Waals surface area contributed by atoms with E-state index in [-0.39, 0.29) is 11.5 Å². The van der Waals surface area contributed by atoms with Gasteiger partial charge in [-0.3, -0.25) is 19.1 Å². The van der Waals surface area contributed by atoms with Gasteiger partial charge in [-0.15, -0.1) is 0 Å². The van der Waals surface area contributed by atoms with Crippen molar-refractivity contribution in [3.8, 4) is 0 Å². The van der Waals surface area contributed by atoms with Crippen LogP contribution in [0.2, 0.25) is 0 Å². The zero-order chi connectivity index (χ0) is 17.8. The fourth-order valence-electron chi connectivity index (χ4n) is 3.00. The summed E-state index contributed by atoms with van der Waals surface area (Å²) in [6, 6.07) is 10.3. The molecule has 0 spiro atoms. The van der Waals surface area contributed by atoms with Crippen molar-refractivity contribution in [2.24, 2.45) is 7.05 Å². The normalized spacial score (nSPS) is 15.3. The van der Waals surface area contributed by atoms with E-state index in [1.807, 2.05) is 18.2 Å². The smallest absolute Gasteiger partial charge is 0.328 e. The van der Waals surface area contributed by atoms with Crippen LogP contribution in [0.15, 0.2) is 46.1 Å². The molecule has 1 aliphatic heterocycles. The van der Waals surface area contributed by atoms with Gasteiger partial charge in [0.1, 0.15) is 5.56 Å². The number of amides is 1. The van der Waals surface area contributed by atoms with Crippen LogP contribution < -0.4 is 11.2 Å². The lowest BCUT2D eigenvalue weighted by atomic mass is 10.1. The molecule has 25 heavy (non-hydrogen) atoms. The average Bonchev–Trinajstić information content (AvgIpc) is 2.65. The maximum atomic E-state index is 12.5. The van der Waals surface area contributed by atoms with Crippen LogP contribution in [0, 0.1) is 0 Å². The van der Waals surface area contributed by atoms with E-state index in [1.54, 1.807) is 4.90 Å². The van der Waals surface area contributed by atoms with E-state index < -0.39 is 11.2 Å². The highest BCUT2D eigenvalue weighted by molar-refractivity contribution is 5.93. The molecule has 1 aromatic carbocycles. The SMILES string of the molecule is Cn1c(=O)[nH]cc(C(=O)N2CCN(CCc3ccccc3)CC2)c1=O. The topological polar surface area (TPSA) is 78.4 Å². The molecule has 2 heterocycles. The van der Waals surface area contributed by atoms with Crippen LogP contribution in [-0.2, 0) is 13.5 Å². The molecule has 7 nitrogen and oxygen atoms in total. The van der Waals surface area contributed by atoms with Crippen LogP contribution in [0.4, 0.5) is 0 Å². The largest absolute Gasteiger partial charge is 0.336 e. The predicted molar refractivity (Wildman–Crippen MR) is 94.8 cm³/mol. The van der Waals surface area contributed by atoms with E-state index >= 15 is 0 Å². The summed E-state index contributed by atoms with van der Waals surface area (Å²) in [5.41, 5.74) is 0.241. The number of hydrogen-bond donors (Lipinski definition) is 1. The predicted octanol–water partition coefficient (Wildman–Crippen LogP) is 0.0741. The Morgan fingerprint density at radius 3 is 2.44 bits per heavy atom. The van der Waals surface area contributed by atoms with Gasteiger partial charge in [-0.2, -0.15) is 0 Å². The van der Waals surface area contributed by atoms with Gasteiger partial charge in [-0.25, -0.2) is 4.79 Å². The summed E-state index contributed by atoms with van der Waals surface area (Å²) in [6.07, 6.45) is 2.20. The van der Waals surface area contributed by atoms with E-state index in [4.69, 9.17) is 0 Å². The Hall–Kier alpha value is -2.67. The summed E-state index contributed by atoms with van der Waals surface area (Å²) in [6.45, 7) is 3.67. The summed E-state index contributed by atoms with van der Waals surface area (Å²) in [5, 5.41) is 0. The first-order valence-corrected chi connectivity index (χ1v) is 8.40. The fourth-order valence-corrected chi connectivity index (χ4v) is 3.00. The highest BCUT2D eigenvalue weighted by Crippen LogP contribution is 2.07. The highest BCUT2D eigenvalue weighted by atomic mass is 16.2. The lowest BCUT2D eigenvalue weighted by Gasteiger charge is -2.34. The third-order valence-electron chi connectivity index (χ3n) is 4.63. The van der Waals surface area contributed by atoms with Crippen molar-refractivity contribution in [3.63, 3.8) is 0 Å². The first kappa shape index (κ1) is 17.2. The fraction of sp³-hybridized carbons (Fsp3) is 0.389. The van der Waals surface area contributed by atoms with Crippen molar-refractivity contribution in [2.45, 2.75) is 6.42 Å². The van der Waals surface area contributed by atoms with Crippen LogP contribution in [0.5, 0.6) is 0 Å². The molecule has 0 atom stereocenters. The second-order valence-corrected chi connectivity index (χ2v) is 6.24. The van der Waals surface area contributed by atoms with E-state index in [1.165, 1.54) is 18.8 Å². The lowest BCUT2D eigenvalue weighted by molar-refractivity contribution is 0.0635. The van der Waals surface area contributed by atoms with E-state index in [0.717, 1.165) is 30.6 Å². The van der Waals surface area contributed by atoms with Crippen LogP contribution in [0.25, 0.3) is 0 Å². The van der Waals surface area contributed by atoms with Crippen LogP contribution in [0.3, 0.4) is 0 Å².